The highest BCUT2D eigenvalue weighted by atomic mass is 16.5. The number of benzene rings is 6. The van der Waals surface area contributed by atoms with Gasteiger partial charge in [0.05, 0.1) is 5.69 Å². The lowest BCUT2D eigenvalue weighted by Gasteiger charge is -2.44. The molecule has 54 heavy (non-hydrogen) atoms. The standard InChI is InChI=1S/C47H39N3O4/c1-30-16-19-34-14-8-9-15-37(34)43(30)29-54-36-20-17-31(18-21-36)26-42-45(51)48-47(53)50(46(42)52)35-27-40-38(32-10-4-2-5-11-32)22-24-49-25-23-39(41(28-35)44(40)49)33-12-6-3-7-13-33/h2-21,26-28,38-39H,22-25,29H2,1H3,(H,48,51,53)/b42-26+/t38-,39+. The Labute approximate surface area is 314 Å². The molecule has 0 bridgehead atoms. The number of nitrogens with one attached hydrogen (secondary N) is 1. The number of carbonyl (C=O) groups excluding carboxylic acids is 3. The molecule has 1 N–H and O–H groups in total. The molecule has 0 unspecified atom stereocenters. The van der Waals surface area contributed by atoms with Crippen molar-refractivity contribution in [1.29, 1.82) is 0 Å². The predicted molar refractivity (Wildman–Crippen MR) is 213 cm³/mol. The van der Waals surface area contributed by atoms with Crippen molar-refractivity contribution in [2.45, 2.75) is 38.2 Å². The Kier molecular flexibility index (Phi) is 8.54. The van der Waals surface area contributed by atoms with Crippen LogP contribution in [0, 0.1) is 6.92 Å². The van der Waals surface area contributed by atoms with E-state index in [0.29, 0.717) is 23.6 Å². The summed E-state index contributed by atoms with van der Waals surface area (Å²) in [4.78, 5) is 44.8. The molecule has 1 fully saturated rings. The minimum absolute atomic E-state index is 0.0931. The second kappa shape index (κ2) is 13.8. The molecule has 3 aliphatic rings. The number of barbiturate groups is 1. The van der Waals surface area contributed by atoms with Crippen LogP contribution in [0.15, 0.2) is 139 Å². The van der Waals surface area contributed by atoms with E-state index in [2.05, 4.69) is 89.9 Å². The average molecular weight is 710 g/mol. The molecular weight excluding hydrogens is 671 g/mol. The molecule has 0 spiro atoms. The van der Waals surface area contributed by atoms with E-state index in [1.807, 2.05) is 60.7 Å². The van der Waals surface area contributed by atoms with Crippen LogP contribution in [0.4, 0.5) is 16.2 Å². The van der Waals surface area contributed by atoms with Gasteiger partial charge in [0.15, 0.2) is 0 Å². The van der Waals surface area contributed by atoms with E-state index in [4.69, 9.17) is 4.74 Å². The van der Waals surface area contributed by atoms with Gasteiger partial charge in [-0.1, -0.05) is 109 Å². The van der Waals surface area contributed by atoms with Crippen molar-refractivity contribution in [3.05, 3.63) is 178 Å². The number of hydrogen-bond donors (Lipinski definition) is 1. The van der Waals surface area contributed by atoms with Crippen LogP contribution in [-0.2, 0) is 16.2 Å². The van der Waals surface area contributed by atoms with Crippen molar-refractivity contribution < 1.29 is 19.1 Å². The van der Waals surface area contributed by atoms with Gasteiger partial charge in [0, 0.05) is 36.2 Å². The van der Waals surface area contributed by atoms with Gasteiger partial charge in [-0.05, 0) is 94.3 Å². The van der Waals surface area contributed by atoms with Gasteiger partial charge in [0.1, 0.15) is 17.9 Å². The van der Waals surface area contributed by atoms with Gasteiger partial charge in [-0.25, -0.2) is 9.69 Å². The lowest BCUT2D eigenvalue weighted by molar-refractivity contribution is -0.122. The number of anilines is 2. The highest BCUT2D eigenvalue weighted by Gasteiger charge is 2.40. The second-order valence-corrected chi connectivity index (χ2v) is 14.4. The molecule has 3 heterocycles. The Morgan fingerprint density at radius 3 is 1.98 bits per heavy atom. The summed E-state index contributed by atoms with van der Waals surface area (Å²) < 4.78 is 6.19. The number of nitrogens with zero attached hydrogens (tertiary/aromatic N) is 2. The Hall–Kier alpha value is -6.47. The van der Waals surface area contributed by atoms with Gasteiger partial charge in [0.2, 0.25) is 0 Å². The van der Waals surface area contributed by atoms with Crippen LogP contribution in [-0.4, -0.2) is 30.9 Å². The maximum Gasteiger partial charge on any atom is 0.335 e. The third kappa shape index (κ3) is 6.01. The van der Waals surface area contributed by atoms with Gasteiger partial charge >= 0.3 is 6.03 Å². The van der Waals surface area contributed by atoms with Crippen LogP contribution >= 0.6 is 0 Å². The average Bonchev–Trinajstić information content (AvgIpc) is 3.20. The summed E-state index contributed by atoms with van der Waals surface area (Å²) in [6, 6.07) is 43.8. The first-order valence-corrected chi connectivity index (χ1v) is 18.6. The predicted octanol–water partition coefficient (Wildman–Crippen LogP) is 9.27. The Balaban J connectivity index is 1.05. The smallest absolute Gasteiger partial charge is 0.335 e. The summed E-state index contributed by atoms with van der Waals surface area (Å²) in [5.74, 6) is -0.522. The second-order valence-electron chi connectivity index (χ2n) is 14.4. The number of ether oxygens (including phenoxy) is 1. The van der Waals surface area contributed by atoms with Crippen molar-refractivity contribution in [2.75, 3.05) is 22.9 Å². The highest BCUT2D eigenvalue weighted by Crippen LogP contribution is 2.50. The molecule has 7 heteroatoms. The summed E-state index contributed by atoms with van der Waals surface area (Å²) >= 11 is 0. The molecule has 6 aromatic rings. The highest BCUT2D eigenvalue weighted by molar-refractivity contribution is 6.39. The number of carbonyl (C=O) groups is 3. The van der Waals surface area contributed by atoms with Crippen LogP contribution in [0.25, 0.3) is 16.8 Å². The summed E-state index contributed by atoms with van der Waals surface area (Å²) in [6.07, 6.45) is 3.38. The molecule has 1 saturated heterocycles. The van der Waals surface area contributed by atoms with Crippen molar-refractivity contribution >= 4 is 46.1 Å². The molecule has 0 saturated carbocycles. The number of fused-ring (bicyclic) bond motifs is 1. The van der Waals surface area contributed by atoms with E-state index >= 15 is 0 Å². The van der Waals surface area contributed by atoms with Crippen LogP contribution in [0.3, 0.4) is 0 Å². The summed E-state index contributed by atoms with van der Waals surface area (Å²) in [7, 11) is 0. The molecule has 0 radical (unpaired) electrons. The zero-order valence-electron chi connectivity index (χ0n) is 30.0. The largest absolute Gasteiger partial charge is 0.489 e. The third-order valence-electron chi connectivity index (χ3n) is 11.2. The van der Waals surface area contributed by atoms with Crippen LogP contribution in [0.2, 0.25) is 0 Å². The van der Waals surface area contributed by atoms with E-state index in [-0.39, 0.29) is 17.4 Å². The zero-order valence-corrected chi connectivity index (χ0v) is 30.0. The van der Waals surface area contributed by atoms with Gasteiger partial charge in [0.25, 0.3) is 11.8 Å². The number of amides is 4. The fourth-order valence-electron chi connectivity index (χ4n) is 8.48. The fourth-order valence-corrected chi connectivity index (χ4v) is 8.48. The molecule has 4 amide bonds. The Morgan fingerprint density at radius 2 is 1.33 bits per heavy atom. The van der Waals surface area contributed by atoms with Crippen molar-refractivity contribution in [3.63, 3.8) is 0 Å². The lowest BCUT2D eigenvalue weighted by Crippen LogP contribution is -2.54. The van der Waals surface area contributed by atoms with Crippen LogP contribution in [0.1, 0.15) is 63.6 Å². The summed E-state index contributed by atoms with van der Waals surface area (Å²) in [5, 5.41) is 4.77. The molecule has 6 aromatic carbocycles. The van der Waals surface area contributed by atoms with Crippen molar-refractivity contribution in [2.24, 2.45) is 0 Å². The number of urea groups is 1. The topological polar surface area (TPSA) is 79.0 Å². The lowest BCUT2D eigenvalue weighted by atomic mass is 9.76. The minimum Gasteiger partial charge on any atom is -0.489 e. The molecule has 7 nitrogen and oxygen atoms in total. The fraction of sp³-hybridized carbons (Fsp3) is 0.170. The van der Waals surface area contributed by atoms with Crippen molar-refractivity contribution in [3.8, 4) is 5.75 Å². The van der Waals surface area contributed by atoms with E-state index in [1.54, 1.807) is 6.08 Å². The maximum absolute atomic E-state index is 14.3. The first kappa shape index (κ1) is 33.4. The first-order chi connectivity index (χ1) is 26.4. The maximum atomic E-state index is 14.3. The van der Waals surface area contributed by atoms with Gasteiger partial charge < -0.3 is 9.64 Å². The minimum atomic E-state index is -0.752. The normalized spacial score (nSPS) is 18.8. The molecule has 0 aromatic heterocycles. The molecule has 3 aliphatic heterocycles. The summed E-state index contributed by atoms with van der Waals surface area (Å²) in [6.45, 7) is 4.34. The number of aryl methyl sites for hydroxylation is 1. The molecular formula is C47H39N3O4. The molecule has 0 aliphatic carbocycles. The summed E-state index contributed by atoms with van der Waals surface area (Å²) in [5.41, 5.74) is 9.05. The van der Waals surface area contributed by atoms with E-state index < -0.39 is 17.8 Å². The van der Waals surface area contributed by atoms with Crippen LogP contribution < -0.4 is 19.9 Å². The van der Waals surface area contributed by atoms with Gasteiger partial charge in [-0.3, -0.25) is 14.9 Å². The first-order valence-electron chi connectivity index (χ1n) is 18.6. The molecule has 9 rings (SSSR count). The quantitative estimate of drug-likeness (QED) is 0.132. The van der Waals surface area contributed by atoms with Crippen molar-refractivity contribution in [1.82, 2.24) is 5.32 Å². The zero-order chi connectivity index (χ0) is 36.8. The monoisotopic (exact) mass is 709 g/mol. The Bertz CT molecular complexity index is 2380. The Morgan fingerprint density at radius 1 is 0.722 bits per heavy atom. The van der Waals surface area contributed by atoms with E-state index in [9.17, 15) is 14.4 Å². The van der Waals surface area contributed by atoms with Gasteiger partial charge in [-0.2, -0.15) is 0 Å². The number of rotatable bonds is 7. The molecule has 2 atom stereocenters. The van der Waals surface area contributed by atoms with E-state index in [1.165, 1.54) is 16.8 Å². The number of hydrogen-bond acceptors (Lipinski definition) is 5. The van der Waals surface area contributed by atoms with Gasteiger partial charge in [-0.15, -0.1) is 0 Å². The SMILES string of the molecule is Cc1ccc2ccccc2c1COc1ccc(/C=C2\C(=O)NC(=O)N(c3cc4c5c(c3)[C@H](c3ccccc3)CCN5CC[C@@H]4c3ccccc3)C2=O)cc1. The third-order valence-corrected chi connectivity index (χ3v) is 11.2. The number of imide groups is 2. The molecule has 266 valence electrons. The van der Waals surface area contributed by atoms with E-state index in [0.717, 1.165) is 63.9 Å². The van der Waals surface area contributed by atoms with Crippen LogP contribution in [0.5, 0.6) is 5.75 Å².